The second kappa shape index (κ2) is 13.2. The summed E-state index contributed by atoms with van der Waals surface area (Å²) in [6, 6.07) is 25.3. The van der Waals surface area contributed by atoms with Gasteiger partial charge in [-0.25, -0.2) is 4.98 Å². The summed E-state index contributed by atoms with van der Waals surface area (Å²) in [4.78, 5) is 28.2. The molecule has 7 heteroatoms. The third kappa shape index (κ3) is 7.80. The smallest absolute Gasteiger partial charge is 0.303 e. The Bertz CT molecular complexity index is 1350. The molecule has 0 radical (unpaired) electrons. The number of nitrogens with one attached hydrogen (secondary N) is 1. The number of nitrogens with zero attached hydrogens (tertiary/aromatic N) is 1. The molecule has 196 valence electrons. The number of aliphatic carboxylic acids is 1. The number of hydrogen-bond acceptors (Lipinski definition) is 5. The first-order valence-electron chi connectivity index (χ1n) is 12.8. The summed E-state index contributed by atoms with van der Waals surface area (Å²) in [5.41, 5.74) is 4.56. The van der Waals surface area contributed by atoms with Gasteiger partial charge < -0.3 is 19.6 Å². The molecular weight excluding hydrogens is 480 g/mol. The van der Waals surface area contributed by atoms with Crippen LogP contribution in [0.1, 0.15) is 41.0 Å². The summed E-state index contributed by atoms with van der Waals surface area (Å²) in [6.45, 7) is 2.57. The van der Waals surface area contributed by atoms with Crippen LogP contribution in [0.25, 0.3) is 11.5 Å². The van der Waals surface area contributed by atoms with Crippen LogP contribution in [0.4, 0.5) is 0 Å². The molecule has 2 N–H and O–H groups in total. The number of amides is 1. The average Bonchev–Trinajstić information content (AvgIpc) is 3.31. The second-order valence-corrected chi connectivity index (χ2v) is 9.08. The summed E-state index contributed by atoms with van der Waals surface area (Å²) in [5, 5.41) is 12.0. The molecule has 1 amide bonds. The molecule has 0 saturated carbocycles. The van der Waals surface area contributed by atoms with Crippen LogP contribution in [-0.2, 0) is 35.4 Å². The maximum absolute atomic E-state index is 12.5. The minimum atomic E-state index is -0.848. The van der Waals surface area contributed by atoms with Crippen molar-refractivity contribution in [2.45, 2.75) is 45.6 Å². The van der Waals surface area contributed by atoms with Crippen LogP contribution < -0.4 is 10.1 Å². The molecule has 0 saturated heterocycles. The monoisotopic (exact) mass is 512 g/mol. The Morgan fingerprint density at radius 2 is 1.61 bits per heavy atom. The van der Waals surface area contributed by atoms with E-state index in [1.54, 1.807) is 0 Å². The molecule has 0 aliphatic carbocycles. The van der Waals surface area contributed by atoms with Crippen LogP contribution in [0.15, 0.2) is 83.3 Å². The van der Waals surface area contributed by atoms with Crippen LogP contribution in [0.5, 0.6) is 5.75 Å². The first-order valence-corrected chi connectivity index (χ1v) is 12.8. The Kier molecular flexibility index (Phi) is 9.29. The first kappa shape index (κ1) is 26.7. The zero-order valence-corrected chi connectivity index (χ0v) is 21.5. The average molecular weight is 513 g/mol. The zero-order valence-electron chi connectivity index (χ0n) is 21.5. The van der Waals surface area contributed by atoms with Gasteiger partial charge in [-0.15, -0.1) is 0 Å². The van der Waals surface area contributed by atoms with Gasteiger partial charge >= 0.3 is 5.97 Å². The number of carboxylic acid groups (broad SMARTS) is 1. The Labute approximate surface area is 222 Å². The molecule has 0 bridgehead atoms. The van der Waals surface area contributed by atoms with Gasteiger partial charge in [0, 0.05) is 36.9 Å². The first-order chi connectivity index (χ1) is 18.5. The van der Waals surface area contributed by atoms with E-state index in [0.29, 0.717) is 50.5 Å². The minimum absolute atomic E-state index is 0.0399. The van der Waals surface area contributed by atoms with Gasteiger partial charge in [-0.2, -0.15) is 0 Å². The van der Waals surface area contributed by atoms with Crippen molar-refractivity contribution in [1.82, 2.24) is 10.3 Å². The number of oxazole rings is 1. The molecule has 38 heavy (non-hydrogen) atoms. The maximum atomic E-state index is 12.5. The molecule has 1 heterocycles. The number of carboxylic acids is 1. The van der Waals surface area contributed by atoms with Crippen LogP contribution in [0.2, 0.25) is 0 Å². The Hall–Kier alpha value is -4.39. The standard InChI is InChI=1S/C31H32N2O5/c1-22-27(33-31(38-22)25-10-6-3-7-11-25)18-19-37-28-15-12-24(14-17-30(35)36)20-26(28)21-32-29(34)16-13-23-8-4-2-5-9-23/h2-12,15,20H,13-14,16-19,21H2,1H3,(H,32,34)(H,35,36). The van der Waals surface area contributed by atoms with E-state index in [-0.39, 0.29) is 12.3 Å². The third-order valence-electron chi connectivity index (χ3n) is 6.22. The topological polar surface area (TPSA) is 102 Å². The van der Waals surface area contributed by atoms with Gasteiger partial charge in [-0.1, -0.05) is 60.7 Å². The minimum Gasteiger partial charge on any atom is -0.493 e. The Morgan fingerprint density at radius 1 is 0.895 bits per heavy atom. The van der Waals surface area contributed by atoms with E-state index in [1.807, 2.05) is 85.8 Å². The molecule has 1 aromatic heterocycles. The van der Waals surface area contributed by atoms with Crippen molar-refractivity contribution in [3.63, 3.8) is 0 Å². The number of ether oxygens (including phenoxy) is 1. The zero-order chi connectivity index (χ0) is 26.7. The molecule has 0 fully saturated rings. The Morgan fingerprint density at radius 3 is 2.34 bits per heavy atom. The number of aryl methyl sites for hydroxylation is 3. The highest BCUT2D eigenvalue weighted by Crippen LogP contribution is 2.24. The normalized spacial score (nSPS) is 10.8. The van der Waals surface area contributed by atoms with Gasteiger partial charge in [-0.05, 0) is 49.1 Å². The van der Waals surface area contributed by atoms with Crippen molar-refractivity contribution in [3.8, 4) is 17.2 Å². The lowest BCUT2D eigenvalue weighted by Crippen LogP contribution is -2.23. The third-order valence-corrected chi connectivity index (χ3v) is 6.22. The highest BCUT2D eigenvalue weighted by molar-refractivity contribution is 5.76. The van der Waals surface area contributed by atoms with E-state index >= 15 is 0 Å². The summed E-state index contributed by atoms with van der Waals surface area (Å²) in [6.07, 6.45) is 2.06. The molecular formula is C31H32N2O5. The van der Waals surface area contributed by atoms with E-state index in [1.165, 1.54) is 0 Å². The van der Waals surface area contributed by atoms with Crippen molar-refractivity contribution in [2.24, 2.45) is 0 Å². The molecule has 0 aliphatic heterocycles. The van der Waals surface area contributed by atoms with Crippen LogP contribution >= 0.6 is 0 Å². The van der Waals surface area contributed by atoms with Crippen LogP contribution in [0.3, 0.4) is 0 Å². The van der Waals surface area contributed by atoms with Crippen molar-refractivity contribution in [1.29, 1.82) is 0 Å². The number of carbonyl (C=O) groups excluding carboxylic acids is 1. The van der Waals surface area contributed by atoms with Crippen molar-refractivity contribution in [2.75, 3.05) is 6.61 Å². The molecule has 4 aromatic rings. The second-order valence-electron chi connectivity index (χ2n) is 9.08. The largest absolute Gasteiger partial charge is 0.493 e. The predicted octanol–water partition coefficient (Wildman–Crippen LogP) is 5.54. The molecule has 4 rings (SSSR count). The van der Waals surface area contributed by atoms with E-state index < -0.39 is 5.97 Å². The molecule has 7 nitrogen and oxygen atoms in total. The lowest BCUT2D eigenvalue weighted by molar-refractivity contribution is -0.137. The van der Waals surface area contributed by atoms with Crippen LogP contribution in [-0.4, -0.2) is 28.6 Å². The van der Waals surface area contributed by atoms with Gasteiger partial charge in [0.15, 0.2) is 0 Å². The van der Waals surface area contributed by atoms with Crippen molar-refractivity contribution >= 4 is 11.9 Å². The fraction of sp³-hybridized carbons (Fsp3) is 0.258. The summed E-state index contributed by atoms with van der Waals surface area (Å²) < 4.78 is 12.0. The van der Waals surface area contributed by atoms with E-state index in [2.05, 4.69) is 10.3 Å². The predicted molar refractivity (Wildman–Crippen MR) is 145 cm³/mol. The van der Waals surface area contributed by atoms with Gasteiger partial charge in [-0.3, -0.25) is 9.59 Å². The quantitative estimate of drug-likeness (QED) is 0.244. The molecule has 0 spiro atoms. The van der Waals surface area contributed by atoms with Gasteiger partial charge in [0.2, 0.25) is 11.8 Å². The molecule has 3 aromatic carbocycles. The lowest BCUT2D eigenvalue weighted by Gasteiger charge is -2.14. The number of rotatable bonds is 13. The van der Waals surface area contributed by atoms with Gasteiger partial charge in [0.1, 0.15) is 11.5 Å². The van der Waals surface area contributed by atoms with Gasteiger partial charge in [0.25, 0.3) is 0 Å². The Balaban J connectivity index is 1.38. The number of hydrogen-bond donors (Lipinski definition) is 2. The molecule has 0 atom stereocenters. The number of benzene rings is 3. The number of aromatic nitrogens is 1. The lowest BCUT2D eigenvalue weighted by atomic mass is 10.0. The fourth-order valence-electron chi connectivity index (χ4n) is 4.13. The number of carbonyl (C=O) groups is 2. The van der Waals surface area contributed by atoms with Crippen LogP contribution in [0, 0.1) is 6.92 Å². The summed E-state index contributed by atoms with van der Waals surface area (Å²) in [7, 11) is 0. The SMILES string of the molecule is Cc1oc(-c2ccccc2)nc1CCOc1ccc(CCC(=O)O)cc1CNC(=O)CCc1ccccc1. The highest BCUT2D eigenvalue weighted by Gasteiger charge is 2.13. The molecule has 0 unspecified atom stereocenters. The highest BCUT2D eigenvalue weighted by atomic mass is 16.5. The summed E-state index contributed by atoms with van der Waals surface area (Å²) >= 11 is 0. The van der Waals surface area contributed by atoms with Crippen molar-refractivity contribution in [3.05, 3.63) is 107 Å². The van der Waals surface area contributed by atoms with Crippen molar-refractivity contribution < 1.29 is 23.8 Å². The van der Waals surface area contributed by atoms with E-state index in [9.17, 15) is 9.59 Å². The maximum Gasteiger partial charge on any atom is 0.303 e. The van der Waals surface area contributed by atoms with E-state index in [0.717, 1.165) is 33.7 Å². The van der Waals surface area contributed by atoms with Gasteiger partial charge in [0.05, 0.1) is 12.3 Å². The molecule has 0 aliphatic rings. The summed E-state index contributed by atoms with van der Waals surface area (Å²) in [5.74, 6) is 1.08. The fourth-order valence-corrected chi connectivity index (χ4v) is 4.13. The van der Waals surface area contributed by atoms with E-state index in [4.69, 9.17) is 14.3 Å².